The summed E-state index contributed by atoms with van der Waals surface area (Å²) in [4.78, 5) is 11.5. The number of rotatable bonds is 3. The molecule has 0 heterocycles. The molecule has 70 valence electrons. The van der Waals surface area contributed by atoms with E-state index in [4.69, 9.17) is 5.73 Å². The van der Waals surface area contributed by atoms with Gasteiger partial charge in [0.25, 0.3) is 0 Å². The number of halogens is 1. The van der Waals surface area contributed by atoms with E-state index in [9.17, 15) is 4.79 Å². The molecule has 0 spiro atoms. The van der Waals surface area contributed by atoms with Crippen LogP contribution in [0.1, 0.15) is 30.1 Å². The summed E-state index contributed by atoms with van der Waals surface area (Å²) in [6.07, 6.45) is 1.41. The molecule has 1 aromatic carbocycles. The van der Waals surface area contributed by atoms with Crippen LogP contribution in [0.15, 0.2) is 22.7 Å². The van der Waals surface area contributed by atoms with Crippen molar-refractivity contribution in [2.45, 2.75) is 19.8 Å². The summed E-state index contributed by atoms with van der Waals surface area (Å²) in [5, 5.41) is 0. The third-order valence-corrected chi connectivity index (χ3v) is 2.29. The van der Waals surface area contributed by atoms with E-state index in [0.29, 0.717) is 17.7 Å². The summed E-state index contributed by atoms with van der Waals surface area (Å²) in [7, 11) is 0. The molecule has 2 nitrogen and oxygen atoms in total. The van der Waals surface area contributed by atoms with Gasteiger partial charge in [-0.15, -0.1) is 0 Å². The number of carbonyl (C=O) groups is 1. The van der Waals surface area contributed by atoms with Gasteiger partial charge >= 0.3 is 0 Å². The van der Waals surface area contributed by atoms with Crippen molar-refractivity contribution in [1.82, 2.24) is 0 Å². The van der Waals surface area contributed by atoms with Gasteiger partial charge in [0.05, 0.1) is 0 Å². The number of hydrogen-bond donors (Lipinski definition) is 1. The topological polar surface area (TPSA) is 43.1 Å². The SMILES string of the molecule is CCCC(=O)c1cc(Br)ccc1N. The molecule has 0 atom stereocenters. The smallest absolute Gasteiger partial charge is 0.164 e. The molecule has 0 aromatic heterocycles. The molecule has 0 amide bonds. The number of benzene rings is 1. The maximum atomic E-state index is 11.5. The average Bonchev–Trinajstić information content (AvgIpc) is 2.09. The molecule has 1 rings (SSSR count). The quantitative estimate of drug-likeness (QED) is 0.653. The zero-order valence-electron chi connectivity index (χ0n) is 7.51. The first kappa shape index (κ1) is 10.3. The van der Waals surface area contributed by atoms with Crippen LogP contribution in [0.25, 0.3) is 0 Å². The number of anilines is 1. The highest BCUT2D eigenvalue weighted by Crippen LogP contribution is 2.20. The van der Waals surface area contributed by atoms with Crippen LogP contribution in [0, 0.1) is 0 Å². The fourth-order valence-electron chi connectivity index (χ4n) is 1.13. The molecular weight excluding hydrogens is 230 g/mol. The van der Waals surface area contributed by atoms with E-state index in [1.165, 1.54) is 0 Å². The Morgan fingerprint density at radius 1 is 1.54 bits per heavy atom. The summed E-state index contributed by atoms with van der Waals surface area (Å²) in [6.45, 7) is 1.98. The molecule has 13 heavy (non-hydrogen) atoms. The molecule has 0 saturated heterocycles. The lowest BCUT2D eigenvalue weighted by atomic mass is 10.1. The van der Waals surface area contributed by atoms with Gasteiger partial charge in [-0.1, -0.05) is 22.9 Å². The van der Waals surface area contributed by atoms with Crippen molar-refractivity contribution in [2.75, 3.05) is 5.73 Å². The number of hydrogen-bond acceptors (Lipinski definition) is 2. The molecule has 0 saturated carbocycles. The van der Waals surface area contributed by atoms with E-state index in [0.717, 1.165) is 10.9 Å². The second-order valence-electron chi connectivity index (χ2n) is 2.90. The van der Waals surface area contributed by atoms with Gasteiger partial charge in [-0.05, 0) is 24.6 Å². The monoisotopic (exact) mass is 241 g/mol. The molecule has 1 aromatic rings. The Morgan fingerprint density at radius 2 is 2.23 bits per heavy atom. The van der Waals surface area contributed by atoms with Crippen LogP contribution in [0.2, 0.25) is 0 Å². The molecule has 0 aliphatic carbocycles. The molecule has 0 radical (unpaired) electrons. The molecule has 0 unspecified atom stereocenters. The number of nitrogens with two attached hydrogens (primary N) is 1. The van der Waals surface area contributed by atoms with Crippen LogP contribution in [0.3, 0.4) is 0 Å². The van der Waals surface area contributed by atoms with E-state index in [-0.39, 0.29) is 5.78 Å². The molecule has 0 aliphatic rings. The van der Waals surface area contributed by atoms with Crippen LogP contribution in [-0.2, 0) is 0 Å². The zero-order valence-corrected chi connectivity index (χ0v) is 9.10. The Balaban J connectivity index is 2.99. The Hall–Kier alpha value is -0.830. The minimum atomic E-state index is 0.112. The van der Waals surface area contributed by atoms with Gasteiger partial charge in [0.2, 0.25) is 0 Å². The minimum absolute atomic E-state index is 0.112. The van der Waals surface area contributed by atoms with E-state index in [1.807, 2.05) is 13.0 Å². The Labute approximate surface area is 86.3 Å². The Kier molecular flexibility index (Phi) is 3.48. The molecule has 0 bridgehead atoms. The lowest BCUT2D eigenvalue weighted by molar-refractivity contribution is 0.0982. The van der Waals surface area contributed by atoms with E-state index in [1.54, 1.807) is 12.1 Å². The Morgan fingerprint density at radius 3 is 2.85 bits per heavy atom. The summed E-state index contributed by atoms with van der Waals surface area (Å²) >= 11 is 3.31. The predicted octanol–water partition coefficient (Wildman–Crippen LogP) is 3.01. The summed E-state index contributed by atoms with van der Waals surface area (Å²) in [5.41, 5.74) is 6.86. The Bertz CT molecular complexity index is 323. The summed E-state index contributed by atoms with van der Waals surface area (Å²) < 4.78 is 0.890. The van der Waals surface area contributed by atoms with Crippen molar-refractivity contribution >= 4 is 27.4 Å². The third kappa shape index (κ3) is 2.56. The first-order chi connectivity index (χ1) is 6.15. The third-order valence-electron chi connectivity index (χ3n) is 1.79. The first-order valence-electron chi connectivity index (χ1n) is 4.23. The molecule has 0 fully saturated rings. The highest BCUT2D eigenvalue weighted by molar-refractivity contribution is 9.10. The van der Waals surface area contributed by atoms with Crippen molar-refractivity contribution < 1.29 is 4.79 Å². The van der Waals surface area contributed by atoms with E-state index in [2.05, 4.69) is 15.9 Å². The zero-order chi connectivity index (χ0) is 9.84. The predicted molar refractivity (Wildman–Crippen MR) is 57.8 cm³/mol. The first-order valence-corrected chi connectivity index (χ1v) is 5.02. The van der Waals surface area contributed by atoms with Gasteiger partial charge < -0.3 is 5.73 Å². The fraction of sp³-hybridized carbons (Fsp3) is 0.300. The van der Waals surface area contributed by atoms with Gasteiger partial charge in [-0.3, -0.25) is 4.79 Å². The van der Waals surface area contributed by atoms with Crippen molar-refractivity contribution in [1.29, 1.82) is 0 Å². The van der Waals surface area contributed by atoms with Crippen molar-refractivity contribution in [3.63, 3.8) is 0 Å². The van der Waals surface area contributed by atoms with Gasteiger partial charge in [0, 0.05) is 22.1 Å². The number of ketones is 1. The normalized spacial score (nSPS) is 10.0. The van der Waals surface area contributed by atoms with E-state index >= 15 is 0 Å². The van der Waals surface area contributed by atoms with Crippen LogP contribution >= 0.6 is 15.9 Å². The van der Waals surface area contributed by atoms with Gasteiger partial charge in [0.1, 0.15) is 0 Å². The van der Waals surface area contributed by atoms with Crippen molar-refractivity contribution in [3.05, 3.63) is 28.2 Å². The van der Waals surface area contributed by atoms with Crippen LogP contribution in [0.4, 0.5) is 5.69 Å². The van der Waals surface area contributed by atoms with Crippen molar-refractivity contribution in [2.24, 2.45) is 0 Å². The van der Waals surface area contributed by atoms with Crippen LogP contribution in [0.5, 0.6) is 0 Å². The lowest BCUT2D eigenvalue weighted by Gasteiger charge is -2.03. The summed E-state index contributed by atoms with van der Waals surface area (Å²) in [5.74, 6) is 0.112. The van der Waals surface area contributed by atoms with Gasteiger partial charge in [0.15, 0.2) is 5.78 Å². The average molecular weight is 242 g/mol. The maximum absolute atomic E-state index is 11.5. The molecule has 0 aliphatic heterocycles. The molecule has 3 heteroatoms. The highest BCUT2D eigenvalue weighted by Gasteiger charge is 2.08. The van der Waals surface area contributed by atoms with Gasteiger partial charge in [-0.25, -0.2) is 0 Å². The van der Waals surface area contributed by atoms with Gasteiger partial charge in [-0.2, -0.15) is 0 Å². The second-order valence-corrected chi connectivity index (χ2v) is 3.82. The van der Waals surface area contributed by atoms with Crippen molar-refractivity contribution in [3.8, 4) is 0 Å². The maximum Gasteiger partial charge on any atom is 0.164 e. The van der Waals surface area contributed by atoms with Crippen LogP contribution in [-0.4, -0.2) is 5.78 Å². The van der Waals surface area contributed by atoms with Crippen LogP contribution < -0.4 is 5.73 Å². The molecular formula is C10H12BrNO. The molecule has 2 N–H and O–H groups in total. The highest BCUT2D eigenvalue weighted by atomic mass is 79.9. The number of carbonyl (C=O) groups excluding carboxylic acids is 1. The second kappa shape index (κ2) is 4.42. The number of Topliss-reactive ketones (excluding diaryl/α,β-unsaturated/α-hetero) is 1. The minimum Gasteiger partial charge on any atom is -0.398 e. The lowest BCUT2D eigenvalue weighted by Crippen LogP contribution is -2.02. The standard InChI is InChI=1S/C10H12BrNO/c1-2-3-10(13)8-6-7(11)4-5-9(8)12/h4-6H,2-3,12H2,1H3. The number of nitrogen functional groups attached to an aromatic ring is 1. The van der Waals surface area contributed by atoms with E-state index < -0.39 is 0 Å². The summed E-state index contributed by atoms with van der Waals surface area (Å²) in [6, 6.07) is 5.35. The largest absolute Gasteiger partial charge is 0.398 e. The fourth-order valence-corrected chi connectivity index (χ4v) is 1.49.